The third-order valence-electron chi connectivity index (χ3n) is 3.39. The van der Waals surface area contributed by atoms with Gasteiger partial charge < -0.3 is 10.1 Å². The van der Waals surface area contributed by atoms with E-state index in [0.29, 0.717) is 5.69 Å². The number of aromatic amines is 1. The predicted molar refractivity (Wildman–Crippen MR) is 98.0 cm³/mol. The largest absolute Gasteiger partial charge is 0.477 e. The number of benzene rings is 2. The number of carboxylic acids is 1. The zero-order valence-electron chi connectivity index (χ0n) is 14.1. The zero-order chi connectivity index (χ0) is 20.0. The van der Waals surface area contributed by atoms with Crippen LogP contribution in [-0.4, -0.2) is 45.5 Å². The Morgan fingerprint density at radius 1 is 1.11 bits per heavy atom. The number of nitrogens with one attached hydrogen (secondary N) is 2. The molecule has 0 saturated heterocycles. The van der Waals surface area contributed by atoms with Crippen molar-refractivity contribution in [1.82, 2.24) is 4.98 Å². The van der Waals surface area contributed by atoms with E-state index in [2.05, 4.69) is 14.2 Å². The number of fused-ring (bicyclic) bond motifs is 1. The molecule has 1 heterocycles. The number of hydrogen-bond donors (Lipinski definition) is 5. The first kappa shape index (κ1) is 20.5. The monoisotopic (exact) mass is 436 g/mol. The van der Waals surface area contributed by atoms with Crippen LogP contribution in [0.15, 0.2) is 54.6 Å². The third kappa shape index (κ3) is 5.57. The Hall–Kier alpha value is -2.84. The number of para-hydroxylation sites is 1. The van der Waals surface area contributed by atoms with Crippen LogP contribution in [0.3, 0.4) is 0 Å². The molecule has 27 heavy (non-hydrogen) atoms. The average molecular weight is 436 g/mol. The molecule has 1 aromatic heterocycles. The maximum absolute atomic E-state index is 11.2. The van der Waals surface area contributed by atoms with Gasteiger partial charge in [-0.3, -0.25) is 0 Å². The molecule has 10 heteroatoms. The molecule has 3 aromatic rings. The van der Waals surface area contributed by atoms with Crippen molar-refractivity contribution in [2.75, 3.05) is 5.32 Å². The van der Waals surface area contributed by atoms with Crippen LogP contribution in [0.25, 0.3) is 10.9 Å². The van der Waals surface area contributed by atoms with Crippen LogP contribution in [0.2, 0.25) is 0 Å². The third-order valence-corrected chi connectivity index (χ3v) is 5.84. The fraction of sp³-hybridized carbons (Fsp3) is 0.0588. The second-order valence-corrected chi connectivity index (χ2v) is 9.02. The summed E-state index contributed by atoms with van der Waals surface area (Å²) < 4.78 is 23.8. The number of amides is 1. The molecule has 1 amide bonds. The van der Waals surface area contributed by atoms with Gasteiger partial charge >= 0.3 is 94.4 Å². The fourth-order valence-electron chi connectivity index (χ4n) is 2.17. The normalized spacial score (nSPS) is 12.6. The first-order chi connectivity index (χ1) is 12.7. The van der Waals surface area contributed by atoms with Gasteiger partial charge in [0.2, 0.25) is 0 Å². The summed E-state index contributed by atoms with van der Waals surface area (Å²) in [6.07, 6.45) is 0. The summed E-state index contributed by atoms with van der Waals surface area (Å²) in [5, 5.41) is 20.3. The van der Waals surface area contributed by atoms with Gasteiger partial charge in [-0.2, -0.15) is 0 Å². The minimum atomic E-state index is -4.76. The number of carbonyl (C=O) groups is 2. The number of aromatic carboxylic acids is 1. The molecule has 1 unspecified atom stereocenters. The van der Waals surface area contributed by atoms with E-state index in [4.69, 9.17) is 14.5 Å². The van der Waals surface area contributed by atoms with Gasteiger partial charge in [0.05, 0.1) is 0 Å². The number of carbonyl (C=O) groups excluding carboxylic acids is 1. The van der Waals surface area contributed by atoms with Gasteiger partial charge in [0, 0.05) is 10.9 Å². The first-order valence-electron chi connectivity index (χ1n) is 7.58. The Bertz CT molecular complexity index is 965. The van der Waals surface area contributed by atoms with E-state index in [1.165, 1.54) is 31.2 Å². The smallest absolute Gasteiger partial charge is 0.352 e. The van der Waals surface area contributed by atoms with Crippen molar-refractivity contribution >= 4 is 47.0 Å². The molecule has 0 aliphatic carbocycles. The molecule has 5 N–H and O–H groups in total. The van der Waals surface area contributed by atoms with Crippen LogP contribution >= 0.6 is 0 Å². The molecule has 0 aliphatic heterocycles. The Balaban J connectivity index is 0.000000198. The van der Waals surface area contributed by atoms with Crippen LogP contribution < -0.4 is 9.67 Å². The van der Waals surface area contributed by atoms with Crippen molar-refractivity contribution < 1.29 is 31.7 Å². The Morgan fingerprint density at radius 3 is 2.26 bits per heavy atom. The summed E-state index contributed by atoms with van der Waals surface area (Å²) in [5.41, 5.74) is 1.59. The zero-order valence-corrected chi connectivity index (χ0v) is 16.0. The van der Waals surface area contributed by atoms with E-state index in [9.17, 15) is 13.3 Å². The molecule has 0 fully saturated rings. The van der Waals surface area contributed by atoms with Crippen LogP contribution in [0.1, 0.15) is 17.4 Å². The van der Waals surface area contributed by atoms with Crippen molar-refractivity contribution in [3.8, 4) is 0 Å². The summed E-state index contributed by atoms with van der Waals surface area (Å²) >= 11 is -4.76. The first-order valence-corrected chi connectivity index (χ1v) is 10.9. The standard InChI is InChI=1S/C9H7NO2.C8H10AsNO5/c11-9(12)8-5-6-3-1-2-4-7(6)10-8;1-6(11)10-8-4-2-7(3-5-8)9(12,13)15-14/h1-5,10H,(H,11,12);2-5,14H,1H3,(H,10,11)(H,12,13). The summed E-state index contributed by atoms with van der Waals surface area (Å²) in [4.78, 5) is 24.0. The number of hydrogen-bond acceptors (Lipinski definition) is 5. The van der Waals surface area contributed by atoms with Gasteiger partial charge in [-0.25, -0.2) is 4.79 Å². The maximum atomic E-state index is 11.2. The van der Waals surface area contributed by atoms with Crippen molar-refractivity contribution in [3.63, 3.8) is 0 Å². The summed E-state index contributed by atoms with van der Waals surface area (Å²) in [6.45, 7) is 1.35. The average Bonchev–Trinajstić information content (AvgIpc) is 3.07. The predicted octanol–water partition coefficient (Wildman–Crippen LogP) is 1.57. The molecule has 0 radical (unpaired) electrons. The van der Waals surface area contributed by atoms with Gasteiger partial charge in [-0.05, 0) is 12.1 Å². The van der Waals surface area contributed by atoms with Gasteiger partial charge in [-0.15, -0.1) is 0 Å². The minimum Gasteiger partial charge on any atom is -0.477 e. The number of rotatable bonds is 4. The number of anilines is 1. The van der Waals surface area contributed by atoms with Crippen LogP contribution in [0.5, 0.6) is 0 Å². The molecule has 142 valence electrons. The second-order valence-electron chi connectivity index (χ2n) is 5.41. The number of aromatic nitrogens is 1. The maximum Gasteiger partial charge on any atom is 0.352 e. The van der Waals surface area contributed by atoms with Crippen molar-refractivity contribution in [1.29, 1.82) is 0 Å². The van der Waals surface area contributed by atoms with Crippen LogP contribution in [0, 0.1) is 0 Å². The fourth-order valence-corrected chi connectivity index (χ4v) is 3.47. The van der Waals surface area contributed by atoms with Gasteiger partial charge in [0.1, 0.15) is 5.69 Å². The molecule has 0 bridgehead atoms. The Labute approximate surface area is 156 Å². The summed E-state index contributed by atoms with van der Waals surface area (Å²) in [5.74, 6) is -1.16. The molecular weight excluding hydrogens is 419 g/mol. The Kier molecular flexibility index (Phi) is 6.59. The molecule has 0 aliphatic rings. The summed E-state index contributed by atoms with van der Waals surface area (Å²) in [6, 6.07) is 14.6. The molecule has 3 rings (SSSR count). The van der Waals surface area contributed by atoms with Gasteiger partial charge in [0.25, 0.3) is 0 Å². The quantitative estimate of drug-likeness (QED) is 0.237. The molecule has 0 spiro atoms. The molecule has 1 atom stereocenters. The van der Waals surface area contributed by atoms with E-state index in [0.717, 1.165) is 10.9 Å². The van der Waals surface area contributed by atoms with Crippen molar-refractivity contribution in [2.24, 2.45) is 0 Å². The molecular formula is C17H17AsN2O7. The Morgan fingerprint density at radius 2 is 1.74 bits per heavy atom. The van der Waals surface area contributed by atoms with E-state index in [1.807, 2.05) is 24.3 Å². The van der Waals surface area contributed by atoms with E-state index >= 15 is 0 Å². The van der Waals surface area contributed by atoms with E-state index < -0.39 is 20.1 Å². The van der Waals surface area contributed by atoms with Gasteiger partial charge in [0.15, 0.2) is 0 Å². The second kappa shape index (κ2) is 8.70. The number of H-pyrrole nitrogens is 1. The van der Waals surface area contributed by atoms with Gasteiger partial charge in [-0.1, -0.05) is 18.2 Å². The summed E-state index contributed by atoms with van der Waals surface area (Å²) in [7, 11) is 0. The van der Waals surface area contributed by atoms with E-state index in [1.54, 1.807) is 6.07 Å². The van der Waals surface area contributed by atoms with Crippen molar-refractivity contribution in [2.45, 2.75) is 6.92 Å². The van der Waals surface area contributed by atoms with Crippen LogP contribution in [-0.2, 0) is 12.4 Å². The molecule has 2 aromatic carbocycles. The molecule has 0 saturated carbocycles. The molecule has 9 nitrogen and oxygen atoms in total. The van der Waals surface area contributed by atoms with E-state index in [-0.39, 0.29) is 16.0 Å². The minimum absolute atomic E-state index is 0.00438. The number of carboxylic acid groups (broad SMARTS) is 1. The SMILES string of the molecule is CC(=O)Nc1ccc([As](=O)(O)OO)cc1.O=C(O)c1cc2ccccc2[nH]1. The topological polar surface area (TPSA) is 149 Å². The van der Waals surface area contributed by atoms with Crippen molar-refractivity contribution in [3.05, 3.63) is 60.3 Å². The van der Waals surface area contributed by atoms with Crippen LogP contribution in [0.4, 0.5) is 5.69 Å².